The summed E-state index contributed by atoms with van der Waals surface area (Å²) in [6.07, 6.45) is 7.63. The van der Waals surface area contributed by atoms with Gasteiger partial charge in [-0.3, -0.25) is 9.59 Å². The van der Waals surface area contributed by atoms with Crippen molar-refractivity contribution in [1.29, 1.82) is 0 Å². The van der Waals surface area contributed by atoms with E-state index in [1.165, 1.54) is 19.1 Å². The van der Waals surface area contributed by atoms with Crippen molar-refractivity contribution >= 4 is 17.7 Å². The number of fused-ring (bicyclic) bond motifs is 5. The van der Waals surface area contributed by atoms with Crippen molar-refractivity contribution in [3.63, 3.8) is 0 Å². The zero-order valence-corrected chi connectivity index (χ0v) is 22.5. The number of rotatable bonds is 4. The number of hydrogen-bond donors (Lipinski definition) is 2. The van der Waals surface area contributed by atoms with Gasteiger partial charge in [0.2, 0.25) is 0 Å². The predicted octanol–water partition coefficient (Wildman–Crippen LogP) is 3.68. The minimum Gasteiger partial charge on any atom is -0.458 e. The summed E-state index contributed by atoms with van der Waals surface area (Å²) in [6, 6.07) is 0. The van der Waals surface area contributed by atoms with Crippen molar-refractivity contribution in [1.82, 2.24) is 0 Å². The van der Waals surface area contributed by atoms with Crippen molar-refractivity contribution in [3.05, 3.63) is 34.9 Å². The Kier molecular flexibility index (Phi) is 6.55. The molecule has 7 nitrogen and oxygen atoms in total. The van der Waals surface area contributed by atoms with E-state index in [2.05, 4.69) is 13.8 Å². The first-order valence-electron chi connectivity index (χ1n) is 13.7. The molecule has 0 aromatic heterocycles. The van der Waals surface area contributed by atoms with Gasteiger partial charge in [-0.2, -0.15) is 0 Å². The quantitative estimate of drug-likeness (QED) is 0.437. The molecule has 4 aliphatic carbocycles. The lowest BCUT2D eigenvalue weighted by atomic mass is 9.46. The minimum atomic E-state index is -0.854. The van der Waals surface area contributed by atoms with Crippen molar-refractivity contribution in [3.8, 4) is 0 Å². The molecule has 1 aliphatic heterocycles. The van der Waals surface area contributed by atoms with Crippen molar-refractivity contribution < 1.29 is 34.1 Å². The first-order chi connectivity index (χ1) is 17.4. The average Bonchev–Trinajstić information content (AvgIpc) is 3.19. The van der Waals surface area contributed by atoms with Crippen LogP contribution in [0.15, 0.2) is 34.9 Å². The van der Waals surface area contributed by atoms with Gasteiger partial charge < -0.3 is 19.7 Å². The normalized spacial score (nSPS) is 43.9. The number of cyclic esters (lactones) is 1. The van der Waals surface area contributed by atoms with Crippen LogP contribution in [0.2, 0.25) is 0 Å². The molecular formula is C30H40O7. The second-order valence-corrected chi connectivity index (χ2v) is 12.5. The molecule has 5 aliphatic rings. The van der Waals surface area contributed by atoms with Crippen LogP contribution >= 0.6 is 0 Å². The van der Waals surface area contributed by atoms with E-state index in [0.29, 0.717) is 23.5 Å². The van der Waals surface area contributed by atoms with Crippen LogP contribution in [0, 0.1) is 40.4 Å². The Morgan fingerprint density at radius 3 is 2.59 bits per heavy atom. The van der Waals surface area contributed by atoms with E-state index in [9.17, 15) is 24.6 Å². The molecule has 2 N–H and O–H groups in total. The molecule has 5 rings (SSSR count). The summed E-state index contributed by atoms with van der Waals surface area (Å²) in [5, 5.41) is 20.4. The van der Waals surface area contributed by atoms with E-state index < -0.39 is 23.6 Å². The Bertz CT molecular complexity index is 1100. The van der Waals surface area contributed by atoms with Gasteiger partial charge in [0, 0.05) is 19.3 Å². The molecule has 0 radical (unpaired) electrons. The fraction of sp³-hybridized carbons (Fsp3) is 0.700. The molecule has 202 valence electrons. The molecule has 2 fully saturated rings. The van der Waals surface area contributed by atoms with Crippen LogP contribution in [0.3, 0.4) is 0 Å². The molecular weight excluding hydrogens is 472 g/mol. The van der Waals surface area contributed by atoms with Crippen LogP contribution in [0.1, 0.15) is 66.7 Å². The molecule has 0 saturated heterocycles. The highest BCUT2D eigenvalue weighted by atomic mass is 16.5. The SMILES string of the molecule is CC(=O)OC1C=C2C(O)C=CC(=O)C2(C)C2CCC3(C)C(C(C)C4CC(C)=C(CO)C(=O)O4)CCC3C12. The van der Waals surface area contributed by atoms with E-state index in [-0.39, 0.29) is 53.6 Å². The highest BCUT2D eigenvalue weighted by Crippen LogP contribution is 2.67. The Hall–Kier alpha value is -2.25. The topological polar surface area (TPSA) is 110 Å². The summed E-state index contributed by atoms with van der Waals surface area (Å²) in [6.45, 7) is 9.48. The van der Waals surface area contributed by atoms with E-state index in [1.54, 1.807) is 0 Å². The zero-order chi connectivity index (χ0) is 26.9. The molecule has 2 saturated carbocycles. The standard InChI is InChI=1S/C30H40O7/c1-15-12-24(37-28(35)18(15)14-31)16(2)19-6-7-20-27-21(10-11-29(19,20)4)30(5)22(13-25(27)36-17(3)32)23(33)8-9-26(30)34/h8-9,13,16,19-21,23-25,27,31,33H,6-7,10-12,14H2,1-5H3. The van der Waals surface area contributed by atoms with Crippen LogP contribution in [0.4, 0.5) is 0 Å². The third kappa shape index (κ3) is 3.87. The van der Waals surface area contributed by atoms with Gasteiger partial charge in [-0.25, -0.2) is 4.79 Å². The van der Waals surface area contributed by atoms with Crippen LogP contribution < -0.4 is 0 Å². The number of esters is 2. The van der Waals surface area contributed by atoms with Crippen LogP contribution in [0.25, 0.3) is 0 Å². The third-order valence-electron chi connectivity index (χ3n) is 10.9. The average molecular weight is 513 g/mol. The number of ketones is 1. The van der Waals surface area contributed by atoms with Crippen molar-refractivity contribution in [2.45, 2.75) is 85.0 Å². The smallest absolute Gasteiger partial charge is 0.336 e. The predicted molar refractivity (Wildman–Crippen MR) is 136 cm³/mol. The van der Waals surface area contributed by atoms with Gasteiger partial charge in [0.05, 0.1) is 23.7 Å². The summed E-state index contributed by atoms with van der Waals surface area (Å²) in [5.74, 6) is -0.133. The molecule has 37 heavy (non-hydrogen) atoms. The number of hydrogen-bond acceptors (Lipinski definition) is 7. The first-order valence-corrected chi connectivity index (χ1v) is 13.7. The molecule has 10 unspecified atom stereocenters. The lowest BCUT2D eigenvalue weighted by Gasteiger charge is -2.58. The maximum Gasteiger partial charge on any atom is 0.336 e. The van der Waals surface area contributed by atoms with E-state index >= 15 is 0 Å². The maximum atomic E-state index is 13.3. The van der Waals surface area contributed by atoms with Gasteiger partial charge in [0.1, 0.15) is 12.2 Å². The molecule has 1 heterocycles. The Labute approximate surface area is 219 Å². The molecule has 7 heteroatoms. The summed E-state index contributed by atoms with van der Waals surface area (Å²) >= 11 is 0. The second kappa shape index (κ2) is 9.19. The first kappa shape index (κ1) is 26.4. The number of allylic oxidation sites excluding steroid dienone is 1. The summed E-state index contributed by atoms with van der Waals surface area (Å²) < 4.78 is 11.7. The number of carbonyl (C=O) groups excluding carboxylic acids is 3. The number of aliphatic hydroxyl groups excluding tert-OH is 2. The maximum absolute atomic E-state index is 13.3. The lowest BCUT2D eigenvalue weighted by molar-refractivity contribution is -0.161. The fourth-order valence-electron chi connectivity index (χ4n) is 9.00. The van der Waals surface area contributed by atoms with Crippen molar-refractivity contribution in [2.24, 2.45) is 40.4 Å². The molecule has 10 atom stereocenters. The number of aliphatic hydroxyl groups is 2. The fourth-order valence-corrected chi connectivity index (χ4v) is 9.00. The van der Waals surface area contributed by atoms with Crippen molar-refractivity contribution in [2.75, 3.05) is 6.61 Å². The van der Waals surface area contributed by atoms with Crippen LogP contribution in [-0.4, -0.2) is 52.9 Å². The summed E-state index contributed by atoms with van der Waals surface area (Å²) in [4.78, 5) is 38.0. The van der Waals surface area contributed by atoms with E-state index in [4.69, 9.17) is 9.47 Å². The van der Waals surface area contributed by atoms with Gasteiger partial charge in [0.25, 0.3) is 0 Å². The lowest BCUT2D eigenvalue weighted by Crippen LogP contribution is -2.58. The summed E-state index contributed by atoms with van der Waals surface area (Å²) in [5.41, 5.74) is 1.07. The minimum absolute atomic E-state index is 0.0166. The van der Waals surface area contributed by atoms with Gasteiger partial charge in [0.15, 0.2) is 5.78 Å². The number of carbonyl (C=O) groups is 3. The van der Waals surface area contributed by atoms with Gasteiger partial charge in [-0.05, 0) is 92.4 Å². The van der Waals surface area contributed by atoms with Gasteiger partial charge in [-0.1, -0.05) is 19.4 Å². The zero-order valence-electron chi connectivity index (χ0n) is 22.5. The highest BCUT2D eigenvalue weighted by Gasteiger charge is 2.64. The molecule has 0 aromatic carbocycles. The summed E-state index contributed by atoms with van der Waals surface area (Å²) in [7, 11) is 0. The van der Waals surface area contributed by atoms with Gasteiger partial charge >= 0.3 is 11.9 Å². The number of ether oxygens (including phenoxy) is 2. The second-order valence-electron chi connectivity index (χ2n) is 12.5. The monoisotopic (exact) mass is 512 g/mol. The highest BCUT2D eigenvalue weighted by molar-refractivity contribution is 5.99. The Balaban J connectivity index is 1.48. The molecule has 0 amide bonds. The molecule has 0 bridgehead atoms. The molecule has 0 aromatic rings. The van der Waals surface area contributed by atoms with Crippen LogP contribution in [0.5, 0.6) is 0 Å². The van der Waals surface area contributed by atoms with Crippen LogP contribution in [-0.2, 0) is 23.9 Å². The third-order valence-corrected chi connectivity index (χ3v) is 10.9. The van der Waals surface area contributed by atoms with E-state index in [1.807, 2.05) is 19.9 Å². The Morgan fingerprint density at radius 1 is 1.22 bits per heavy atom. The molecule has 0 spiro atoms. The Morgan fingerprint density at radius 2 is 1.95 bits per heavy atom. The largest absolute Gasteiger partial charge is 0.458 e. The van der Waals surface area contributed by atoms with E-state index in [0.717, 1.165) is 31.3 Å². The van der Waals surface area contributed by atoms with Gasteiger partial charge in [-0.15, -0.1) is 0 Å².